The van der Waals surface area contributed by atoms with E-state index in [-0.39, 0.29) is 12.1 Å². The van der Waals surface area contributed by atoms with Crippen molar-refractivity contribution >= 4 is 15.9 Å². The largest absolute Gasteiger partial charge is 0.394 e. The fraction of sp³-hybridized carbons (Fsp3) is 0.700. The lowest BCUT2D eigenvalue weighted by atomic mass is 9.99. The molecule has 0 amide bonds. The molecule has 1 heterocycles. The molecule has 4 nitrogen and oxygen atoms in total. The van der Waals surface area contributed by atoms with Crippen molar-refractivity contribution < 1.29 is 5.11 Å². The fourth-order valence-corrected chi connectivity index (χ4v) is 2.59. The van der Waals surface area contributed by atoms with Crippen LogP contribution in [0.2, 0.25) is 0 Å². The van der Waals surface area contributed by atoms with Crippen LogP contribution in [0.1, 0.15) is 25.3 Å². The Bertz CT molecular complexity index is 335. The summed E-state index contributed by atoms with van der Waals surface area (Å²) in [5, 5.41) is 16.9. The monoisotopic (exact) mass is 273 g/mol. The van der Waals surface area contributed by atoms with Gasteiger partial charge in [-0.3, -0.25) is 4.68 Å². The summed E-state index contributed by atoms with van der Waals surface area (Å²) in [6.45, 7) is 0.197. The van der Waals surface area contributed by atoms with Crippen LogP contribution in [0.4, 0.5) is 0 Å². The van der Waals surface area contributed by atoms with Crippen molar-refractivity contribution in [2.45, 2.75) is 30.8 Å². The van der Waals surface area contributed by atoms with Gasteiger partial charge >= 0.3 is 0 Å². The number of hydrogen-bond acceptors (Lipinski definition) is 3. The molecule has 0 aromatic carbocycles. The van der Waals surface area contributed by atoms with Gasteiger partial charge in [0, 0.05) is 11.7 Å². The lowest BCUT2D eigenvalue weighted by Gasteiger charge is -2.26. The van der Waals surface area contributed by atoms with Crippen molar-refractivity contribution in [1.29, 1.82) is 0 Å². The van der Waals surface area contributed by atoms with Gasteiger partial charge in [-0.25, -0.2) is 0 Å². The molecule has 15 heavy (non-hydrogen) atoms. The maximum absolute atomic E-state index is 9.38. The molecule has 0 aliphatic heterocycles. The van der Waals surface area contributed by atoms with Gasteiger partial charge in [-0.2, -0.15) is 5.10 Å². The number of nitrogens with zero attached hydrogens (tertiary/aromatic N) is 2. The predicted octanol–water partition coefficient (Wildman–Crippen LogP) is 1.32. The zero-order valence-corrected chi connectivity index (χ0v) is 10.4. The van der Waals surface area contributed by atoms with Crippen LogP contribution < -0.4 is 5.32 Å². The summed E-state index contributed by atoms with van der Waals surface area (Å²) < 4.78 is 2.99. The third-order valence-electron chi connectivity index (χ3n) is 3.36. The molecule has 1 aliphatic carbocycles. The van der Waals surface area contributed by atoms with E-state index in [2.05, 4.69) is 26.3 Å². The second kappa shape index (κ2) is 4.23. The third kappa shape index (κ3) is 2.09. The topological polar surface area (TPSA) is 50.1 Å². The van der Waals surface area contributed by atoms with Crippen LogP contribution in [0.5, 0.6) is 0 Å². The van der Waals surface area contributed by atoms with E-state index in [1.165, 1.54) is 0 Å². The molecule has 84 valence electrons. The van der Waals surface area contributed by atoms with E-state index in [1.807, 2.05) is 17.9 Å². The molecule has 0 saturated heterocycles. The van der Waals surface area contributed by atoms with E-state index in [1.54, 1.807) is 6.20 Å². The van der Waals surface area contributed by atoms with Crippen molar-refractivity contribution in [3.63, 3.8) is 0 Å². The first kappa shape index (κ1) is 11.1. The molecule has 5 heteroatoms. The highest BCUT2D eigenvalue weighted by Crippen LogP contribution is 2.37. The van der Waals surface area contributed by atoms with Crippen molar-refractivity contribution in [3.8, 4) is 0 Å². The highest BCUT2D eigenvalue weighted by molar-refractivity contribution is 9.10. The van der Waals surface area contributed by atoms with Crippen molar-refractivity contribution in [1.82, 2.24) is 15.1 Å². The van der Waals surface area contributed by atoms with Gasteiger partial charge in [0.2, 0.25) is 0 Å². The first-order valence-electron chi connectivity index (χ1n) is 5.18. The van der Waals surface area contributed by atoms with Crippen molar-refractivity contribution in [2.75, 3.05) is 13.7 Å². The second-order valence-electron chi connectivity index (χ2n) is 4.22. The van der Waals surface area contributed by atoms with Crippen LogP contribution in [0.25, 0.3) is 0 Å². The Morgan fingerprint density at radius 1 is 1.80 bits per heavy atom. The van der Waals surface area contributed by atoms with E-state index >= 15 is 0 Å². The standard InChI is InChI=1S/C10H16BrN3O/c1-12-10(7-15)3-2-9(4-10)14-6-8(11)5-13-14/h5-6,9,12,15H,2-4,7H2,1H3. The van der Waals surface area contributed by atoms with Crippen LogP contribution in [-0.2, 0) is 0 Å². The summed E-state index contributed by atoms with van der Waals surface area (Å²) in [4.78, 5) is 0. The molecular formula is C10H16BrN3O. The molecule has 1 aromatic rings. The van der Waals surface area contributed by atoms with E-state index in [4.69, 9.17) is 0 Å². The van der Waals surface area contributed by atoms with Crippen molar-refractivity contribution in [2.24, 2.45) is 0 Å². The number of aliphatic hydroxyl groups is 1. The molecule has 0 bridgehead atoms. The van der Waals surface area contributed by atoms with Gasteiger partial charge < -0.3 is 10.4 Å². The van der Waals surface area contributed by atoms with Gasteiger partial charge in [0.15, 0.2) is 0 Å². The number of rotatable bonds is 3. The normalized spacial score (nSPS) is 31.0. The molecule has 1 fully saturated rings. The minimum absolute atomic E-state index is 0.108. The maximum atomic E-state index is 9.38. The number of aliphatic hydroxyl groups excluding tert-OH is 1. The Hall–Kier alpha value is -0.390. The Labute approximate surface area is 97.8 Å². The molecule has 1 aliphatic rings. The summed E-state index contributed by atoms with van der Waals surface area (Å²) in [6, 6.07) is 0.399. The molecular weight excluding hydrogens is 258 g/mol. The minimum Gasteiger partial charge on any atom is -0.394 e. The summed E-state index contributed by atoms with van der Waals surface area (Å²) >= 11 is 3.39. The molecule has 0 spiro atoms. The SMILES string of the molecule is CNC1(CO)CCC(n2cc(Br)cn2)C1. The minimum atomic E-state index is -0.108. The Balaban J connectivity index is 2.09. The average molecular weight is 274 g/mol. The number of aromatic nitrogens is 2. The van der Waals surface area contributed by atoms with E-state index in [9.17, 15) is 5.11 Å². The molecule has 2 N–H and O–H groups in total. The van der Waals surface area contributed by atoms with Gasteiger partial charge in [0.05, 0.1) is 23.3 Å². The fourth-order valence-electron chi connectivity index (χ4n) is 2.29. The highest BCUT2D eigenvalue weighted by atomic mass is 79.9. The first-order valence-corrected chi connectivity index (χ1v) is 5.98. The first-order chi connectivity index (χ1) is 7.19. The van der Waals surface area contributed by atoms with Gasteiger partial charge in [-0.15, -0.1) is 0 Å². The number of nitrogens with one attached hydrogen (secondary N) is 1. The zero-order valence-electron chi connectivity index (χ0n) is 8.78. The van der Waals surface area contributed by atoms with Crippen LogP contribution in [0.3, 0.4) is 0 Å². The molecule has 2 unspecified atom stereocenters. The lowest BCUT2D eigenvalue weighted by Crippen LogP contribution is -2.44. The third-order valence-corrected chi connectivity index (χ3v) is 3.77. The van der Waals surface area contributed by atoms with Gasteiger partial charge in [0.25, 0.3) is 0 Å². The molecule has 2 rings (SSSR count). The molecule has 0 radical (unpaired) electrons. The number of likely N-dealkylation sites (N-methyl/N-ethyl adjacent to an activating group) is 1. The summed E-state index contributed by atoms with van der Waals surface area (Å²) in [7, 11) is 1.91. The van der Waals surface area contributed by atoms with Crippen molar-refractivity contribution in [3.05, 3.63) is 16.9 Å². The van der Waals surface area contributed by atoms with Crippen LogP contribution in [-0.4, -0.2) is 34.1 Å². The smallest absolute Gasteiger partial charge is 0.0632 e. The quantitative estimate of drug-likeness (QED) is 0.874. The van der Waals surface area contributed by atoms with Crippen LogP contribution in [0, 0.1) is 0 Å². The van der Waals surface area contributed by atoms with Gasteiger partial charge in [-0.05, 0) is 42.2 Å². The highest BCUT2D eigenvalue weighted by Gasteiger charge is 2.38. The molecule has 1 aromatic heterocycles. The molecule has 1 saturated carbocycles. The lowest BCUT2D eigenvalue weighted by molar-refractivity contribution is 0.168. The Morgan fingerprint density at radius 2 is 2.60 bits per heavy atom. The number of halogens is 1. The summed E-state index contributed by atoms with van der Waals surface area (Å²) in [5.74, 6) is 0. The maximum Gasteiger partial charge on any atom is 0.0632 e. The van der Waals surface area contributed by atoms with Crippen LogP contribution >= 0.6 is 15.9 Å². The van der Waals surface area contributed by atoms with Gasteiger partial charge in [0.1, 0.15) is 0 Å². The number of hydrogen-bond donors (Lipinski definition) is 2. The second-order valence-corrected chi connectivity index (χ2v) is 5.14. The molecule has 2 atom stereocenters. The average Bonchev–Trinajstić information content (AvgIpc) is 2.84. The van der Waals surface area contributed by atoms with Crippen LogP contribution in [0.15, 0.2) is 16.9 Å². The summed E-state index contributed by atoms with van der Waals surface area (Å²) in [5.41, 5.74) is -0.108. The zero-order chi connectivity index (χ0) is 10.9. The van der Waals surface area contributed by atoms with Gasteiger partial charge in [-0.1, -0.05) is 0 Å². The Morgan fingerprint density at radius 3 is 3.07 bits per heavy atom. The summed E-state index contributed by atoms with van der Waals surface area (Å²) in [6.07, 6.45) is 6.80. The predicted molar refractivity (Wildman–Crippen MR) is 61.7 cm³/mol. The van der Waals surface area contributed by atoms with E-state index in [0.717, 1.165) is 23.7 Å². The Kier molecular flexibility index (Phi) is 3.13. The van der Waals surface area contributed by atoms with E-state index < -0.39 is 0 Å². The van der Waals surface area contributed by atoms with E-state index in [0.29, 0.717) is 6.04 Å².